The van der Waals surface area contributed by atoms with Gasteiger partial charge in [-0.2, -0.15) is 0 Å². The van der Waals surface area contributed by atoms with Gasteiger partial charge in [0, 0.05) is 18.8 Å². The van der Waals surface area contributed by atoms with E-state index in [-0.39, 0.29) is 6.61 Å². The second kappa shape index (κ2) is 3.90. The highest BCUT2D eigenvalue weighted by molar-refractivity contribution is 5.88. The molecule has 0 aliphatic carbocycles. The Balaban J connectivity index is 2.29. The zero-order chi connectivity index (χ0) is 10.8. The zero-order valence-corrected chi connectivity index (χ0v) is 8.31. The van der Waals surface area contributed by atoms with Crippen molar-refractivity contribution in [3.63, 3.8) is 0 Å². The maximum absolute atomic E-state index is 10.8. The van der Waals surface area contributed by atoms with Gasteiger partial charge in [0.2, 0.25) is 0 Å². The summed E-state index contributed by atoms with van der Waals surface area (Å²) in [5.74, 6) is -0.890. The number of rotatable bonds is 3. The van der Waals surface area contributed by atoms with Crippen LogP contribution >= 0.6 is 0 Å². The molecule has 1 aliphatic heterocycles. The summed E-state index contributed by atoms with van der Waals surface area (Å²) >= 11 is 0. The Hall–Kier alpha value is -1.55. The molecule has 0 aromatic heterocycles. The summed E-state index contributed by atoms with van der Waals surface area (Å²) in [6.07, 6.45) is 0.858. The summed E-state index contributed by atoms with van der Waals surface area (Å²) in [5, 5.41) is 17.7. The fraction of sp³-hybridized carbons (Fsp3) is 0.364. The lowest BCUT2D eigenvalue weighted by molar-refractivity contribution is 0.0697. The normalized spacial score (nSPS) is 14.1. The van der Waals surface area contributed by atoms with Crippen molar-refractivity contribution < 1.29 is 15.0 Å². The molecule has 0 atom stereocenters. The van der Waals surface area contributed by atoms with Gasteiger partial charge in [0.05, 0.1) is 12.2 Å². The predicted molar refractivity (Wildman–Crippen MR) is 56.4 cm³/mol. The minimum atomic E-state index is -0.890. The van der Waals surface area contributed by atoms with Crippen LogP contribution in [0.2, 0.25) is 0 Å². The number of β-amino-alcohol motifs (C(OH)–C–C–N with tert-alkyl or cyclic N) is 1. The second-order valence-corrected chi connectivity index (χ2v) is 3.61. The molecule has 0 saturated heterocycles. The fourth-order valence-corrected chi connectivity index (χ4v) is 1.96. The van der Waals surface area contributed by atoms with Gasteiger partial charge < -0.3 is 15.1 Å². The average Bonchev–Trinajstić information content (AvgIpc) is 2.61. The van der Waals surface area contributed by atoms with Gasteiger partial charge in [-0.1, -0.05) is 0 Å². The fourth-order valence-electron chi connectivity index (χ4n) is 1.96. The van der Waals surface area contributed by atoms with E-state index in [1.165, 1.54) is 0 Å². The molecule has 1 aromatic rings. The lowest BCUT2D eigenvalue weighted by atomic mass is 10.1. The third-order valence-corrected chi connectivity index (χ3v) is 2.69. The van der Waals surface area contributed by atoms with E-state index in [2.05, 4.69) is 4.90 Å². The first-order chi connectivity index (χ1) is 7.22. The van der Waals surface area contributed by atoms with Crippen LogP contribution in [0.1, 0.15) is 15.9 Å². The minimum absolute atomic E-state index is 0.125. The Morgan fingerprint density at radius 1 is 1.47 bits per heavy atom. The van der Waals surface area contributed by atoms with E-state index in [0.717, 1.165) is 24.2 Å². The predicted octanol–water partition coefficient (Wildman–Crippen LogP) is 0.740. The molecular formula is C11H13NO3. The molecule has 0 spiro atoms. The van der Waals surface area contributed by atoms with E-state index in [1.807, 2.05) is 6.07 Å². The molecule has 1 aliphatic rings. The highest BCUT2D eigenvalue weighted by atomic mass is 16.4. The number of carboxylic acids is 1. The molecule has 1 aromatic carbocycles. The van der Waals surface area contributed by atoms with Gasteiger partial charge in [-0.15, -0.1) is 0 Å². The van der Waals surface area contributed by atoms with Crippen molar-refractivity contribution in [2.75, 3.05) is 24.6 Å². The Morgan fingerprint density at radius 2 is 2.27 bits per heavy atom. The van der Waals surface area contributed by atoms with Gasteiger partial charge in [0.25, 0.3) is 0 Å². The second-order valence-electron chi connectivity index (χ2n) is 3.61. The monoisotopic (exact) mass is 207 g/mol. The van der Waals surface area contributed by atoms with Gasteiger partial charge >= 0.3 is 5.97 Å². The maximum Gasteiger partial charge on any atom is 0.335 e. The molecule has 0 unspecified atom stereocenters. The van der Waals surface area contributed by atoms with Crippen LogP contribution in [-0.2, 0) is 6.42 Å². The van der Waals surface area contributed by atoms with Crippen molar-refractivity contribution >= 4 is 11.7 Å². The van der Waals surface area contributed by atoms with E-state index < -0.39 is 5.97 Å². The van der Waals surface area contributed by atoms with Gasteiger partial charge in [-0.05, 0) is 30.2 Å². The molecule has 2 N–H and O–H groups in total. The Morgan fingerprint density at radius 3 is 2.93 bits per heavy atom. The van der Waals surface area contributed by atoms with E-state index in [9.17, 15) is 4.79 Å². The summed E-state index contributed by atoms with van der Waals surface area (Å²) in [5.41, 5.74) is 2.44. The first kappa shape index (κ1) is 9.98. The number of hydrogen-bond acceptors (Lipinski definition) is 3. The Kier molecular flexibility index (Phi) is 2.60. The smallest absolute Gasteiger partial charge is 0.335 e. The van der Waals surface area contributed by atoms with Gasteiger partial charge in [0.15, 0.2) is 0 Å². The summed E-state index contributed by atoms with van der Waals surface area (Å²) in [4.78, 5) is 12.8. The van der Waals surface area contributed by atoms with E-state index >= 15 is 0 Å². The van der Waals surface area contributed by atoms with Crippen molar-refractivity contribution in [2.45, 2.75) is 6.42 Å². The van der Waals surface area contributed by atoms with Crippen LogP contribution < -0.4 is 4.90 Å². The van der Waals surface area contributed by atoms with Crippen molar-refractivity contribution in [1.29, 1.82) is 0 Å². The van der Waals surface area contributed by atoms with E-state index in [0.29, 0.717) is 12.1 Å². The molecule has 0 fully saturated rings. The summed E-state index contributed by atoms with van der Waals surface area (Å²) in [7, 11) is 0. The maximum atomic E-state index is 10.8. The van der Waals surface area contributed by atoms with E-state index in [4.69, 9.17) is 10.2 Å². The lowest BCUT2D eigenvalue weighted by Crippen LogP contribution is -2.23. The molecule has 2 rings (SSSR count). The van der Waals surface area contributed by atoms with Gasteiger partial charge in [-0.3, -0.25) is 0 Å². The molecule has 4 heteroatoms. The third kappa shape index (κ3) is 1.80. The number of carbonyl (C=O) groups is 1. The molecule has 0 amide bonds. The highest BCUT2D eigenvalue weighted by Gasteiger charge is 2.19. The van der Waals surface area contributed by atoms with Crippen LogP contribution in [-0.4, -0.2) is 35.9 Å². The lowest BCUT2D eigenvalue weighted by Gasteiger charge is -2.17. The summed E-state index contributed by atoms with van der Waals surface area (Å²) < 4.78 is 0. The minimum Gasteiger partial charge on any atom is -0.478 e. The number of anilines is 1. The molecule has 15 heavy (non-hydrogen) atoms. The van der Waals surface area contributed by atoms with Crippen LogP contribution in [0.4, 0.5) is 5.69 Å². The summed E-state index contributed by atoms with van der Waals surface area (Å²) in [6, 6.07) is 5.15. The van der Waals surface area contributed by atoms with Crippen LogP contribution in [0.15, 0.2) is 18.2 Å². The standard InChI is InChI=1S/C11H13NO3/c13-6-5-12-4-3-8-7-9(11(14)15)1-2-10(8)12/h1-2,7,13H,3-6H2,(H,14,15). The number of carboxylic acid groups (broad SMARTS) is 1. The average molecular weight is 207 g/mol. The van der Waals surface area contributed by atoms with Crippen molar-refractivity contribution in [3.05, 3.63) is 29.3 Å². The first-order valence-electron chi connectivity index (χ1n) is 4.94. The number of fused-ring (bicyclic) bond motifs is 1. The molecule has 0 radical (unpaired) electrons. The van der Waals surface area contributed by atoms with Crippen molar-refractivity contribution in [3.8, 4) is 0 Å². The molecule has 4 nitrogen and oxygen atoms in total. The molecule has 0 bridgehead atoms. The highest BCUT2D eigenvalue weighted by Crippen LogP contribution is 2.28. The number of nitrogens with zero attached hydrogens (tertiary/aromatic N) is 1. The largest absolute Gasteiger partial charge is 0.478 e. The summed E-state index contributed by atoms with van der Waals surface area (Å²) in [6.45, 7) is 1.60. The number of aliphatic hydroxyl groups is 1. The van der Waals surface area contributed by atoms with Gasteiger partial charge in [0.1, 0.15) is 0 Å². The van der Waals surface area contributed by atoms with Crippen LogP contribution in [0.5, 0.6) is 0 Å². The molecule has 80 valence electrons. The number of aromatic carboxylic acids is 1. The topological polar surface area (TPSA) is 60.8 Å². The van der Waals surface area contributed by atoms with Crippen LogP contribution in [0, 0.1) is 0 Å². The van der Waals surface area contributed by atoms with Crippen molar-refractivity contribution in [2.24, 2.45) is 0 Å². The van der Waals surface area contributed by atoms with Crippen LogP contribution in [0.25, 0.3) is 0 Å². The quantitative estimate of drug-likeness (QED) is 0.767. The number of benzene rings is 1. The molecule has 0 saturated carbocycles. The zero-order valence-electron chi connectivity index (χ0n) is 8.31. The SMILES string of the molecule is O=C(O)c1ccc2c(c1)CCN2CCO. The Labute approximate surface area is 87.8 Å². The molecule has 1 heterocycles. The molecular weight excluding hydrogens is 194 g/mol. The van der Waals surface area contributed by atoms with Crippen molar-refractivity contribution in [1.82, 2.24) is 0 Å². The first-order valence-corrected chi connectivity index (χ1v) is 4.94. The number of aliphatic hydroxyl groups excluding tert-OH is 1. The third-order valence-electron chi connectivity index (χ3n) is 2.69. The van der Waals surface area contributed by atoms with E-state index in [1.54, 1.807) is 12.1 Å². The van der Waals surface area contributed by atoms with Gasteiger partial charge in [-0.25, -0.2) is 4.79 Å². The van der Waals surface area contributed by atoms with Crippen LogP contribution in [0.3, 0.4) is 0 Å². The number of hydrogen-bond donors (Lipinski definition) is 2. The Bertz CT molecular complexity index is 389.